The van der Waals surface area contributed by atoms with Crippen LogP contribution in [0, 0.1) is 12.3 Å². The van der Waals surface area contributed by atoms with Gasteiger partial charge in [-0.3, -0.25) is 19.2 Å². The monoisotopic (exact) mass is 727 g/mol. The summed E-state index contributed by atoms with van der Waals surface area (Å²) in [5.74, 6) is -0.528. The van der Waals surface area contributed by atoms with Crippen molar-refractivity contribution in [1.29, 1.82) is 0 Å². The Balaban J connectivity index is 1.22. The Bertz CT molecular complexity index is 2170. The predicted octanol–water partition coefficient (Wildman–Crippen LogP) is 3.66. The van der Waals surface area contributed by atoms with Crippen molar-refractivity contribution < 1.29 is 32.2 Å². The lowest BCUT2D eigenvalue weighted by Crippen LogP contribution is -2.78. The Morgan fingerprint density at radius 3 is 2.41 bits per heavy atom. The molecule has 13 nitrogen and oxygen atoms in total. The molecule has 1 saturated heterocycles. The van der Waals surface area contributed by atoms with Gasteiger partial charge < -0.3 is 34.1 Å². The van der Waals surface area contributed by atoms with Crippen LogP contribution in [0.2, 0.25) is 0 Å². The number of amides is 2. The minimum absolute atomic E-state index is 0.0662. The predicted molar refractivity (Wildman–Crippen MR) is 183 cm³/mol. The van der Waals surface area contributed by atoms with Crippen molar-refractivity contribution in [3.63, 3.8) is 0 Å². The van der Waals surface area contributed by atoms with Gasteiger partial charge in [0.25, 0.3) is 5.91 Å². The van der Waals surface area contributed by atoms with Crippen molar-refractivity contribution in [1.82, 2.24) is 29.7 Å². The van der Waals surface area contributed by atoms with Crippen LogP contribution in [0.4, 0.5) is 18.9 Å². The third-order valence-corrected chi connectivity index (χ3v) is 11.4. The molecule has 2 bridgehead atoms. The lowest BCUT2D eigenvalue weighted by Gasteiger charge is -2.70. The van der Waals surface area contributed by atoms with Gasteiger partial charge in [-0.2, -0.15) is 13.2 Å². The number of anilines is 1. The number of hydrogen-bond donors (Lipinski definition) is 2. The quantitative estimate of drug-likeness (QED) is 0.263. The molecule has 51 heavy (non-hydrogen) atoms. The van der Waals surface area contributed by atoms with Crippen LogP contribution < -0.4 is 30.5 Å². The van der Waals surface area contributed by atoms with Gasteiger partial charge in [-0.1, -0.05) is 18.3 Å². The van der Waals surface area contributed by atoms with E-state index in [0.717, 1.165) is 0 Å². The van der Waals surface area contributed by atoms with Gasteiger partial charge in [-0.05, 0) is 38.7 Å². The van der Waals surface area contributed by atoms with Crippen LogP contribution in [0.15, 0.2) is 34.1 Å². The van der Waals surface area contributed by atoms with Gasteiger partial charge in [0.2, 0.25) is 28.5 Å². The van der Waals surface area contributed by atoms with Crippen molar-refractivity contribution in [2.75, 3.05) is 45.3 Å². The number of alkyl halides is 3. The minimum atomic E-state index is -4.31. The largest absolute Gasteiger partial charge is 0.482 e. The van der Waals surface area contributed by atoms with E-state index < -0.39 is 34.4 Å². The summed E-state index contributed by atoms with van der Waals surface area (Å²) >= 11 is 1.22. The number of fused-ring (bicyclic) bond motifs is 1. The Morgan fingerprint density at radius 1 is 1.08 bits per heavy atom. The highest BCUT2D eigenvalue weighted by atomic mass is 32.1. The van der Waals surface area contributed by atoms with Crippen LogP contribution >= 0.6 is 11.3 Å². The van der Waals surface area contributed by atoms with Gasteiger partial charge in [0.05, 0.1) is 19.6 Å². The fraction of sp³-hybridized carbons (Fsp3) is 0.471. The normalized spacial score (nSPS) is 21.2. The van der Waals surface area contributed by atoms with Crippen molar-refractivity contribution in [2.45, 2.75) is 57.8 Å². The second kappa shape index (κ2) is 12.4. The number of aromatic amines is 1. The number of pyridine rings is 3. The molecule has 8 rings (SSSR count). The molecule has 4 aromatic heterocycles. The number of halogens is 3. The van der Waals surface area contributed by atoms with E-state index in [0.29, 0.717) is 44.6 Å². The number of nitrogens with one attached hydrogen (secondary N) is 2. The molecule has 5 heterocycles. The van der Waals surface area contributed by atoms with Crippen LogP contribution in [0.3, 0.4) is 0 Å². The summed E-state index contributed by atoms with van der Waals surface area (Å²) in [6.45, 7) is 4.11. The number of piperazine rings is 1. The molecule has 3 aliphatic carbocycles. The highest BCUT2D eigenvalue weighted by Gasteiger charge is 2.79. The lowest BCUT2D eigenvalue weighted by atomic mass is 9.39. The van der Waals surface area contributed by atoms with Gasteiger partial charge in [-0.25, -0.2) is 9.97 Å². The van der Waals surface area contributed by atoms with Crippen molar-refractivity contribution in [3.05, 3.63) is 61.8 Å². The van der Waals surface area contributed by atoms with E-state index in [1.165, 1.54) is 36.7 Å². The average Bonchev–Trinajstić information content (AvgIpc) is 3.53. The first-order valence-corrected chi connectivity index (χ1v) is 17.3. The number of rotatable bonds is 9. The molecule has 0 spiro atoms. The first kappa shape index (κ1) is 34.5. The van der Waals surface area contributed by atoms with Gasteiger partial charge in [0, 0.05) is 67.0 Å². The summed E-state index contributed by atoms with van der Waals surface area (Å²) in [5.41, 5.74) is -1.41. The summed E-state index contributed by atoms with van der Waals surface area (Å²) in [5, 5.41) is 3.36. The number of ether oxygens (including phenoxy) is 2. The summed E-state index contributed by atoms with van der Waals surface area (Å²) in [6, 6.07) is 3.41. The molecule has 0 radical (unpaired) electrons. The second-order valence-electron chi connectivity index (χ2n) is 13.4. The third-order valence-electron chi connectivity index (χ3n) is 10.3. The van der Waals surface area contributed by atoms with E-state index in [2.05, 4.69) is 15.3 Å². The average molecular weight is 728 g/mol. The number of aryl methyl sites for hydroxylation is 1. The van der Waals surface area contributed by atoms with Crippen LogP contribution in [0.1, 0.15) is 47.8 Å². The molecule has 4 aromatic rings. The zero-order valence-electron chi connectivity index (χ0n) is 28.4. The van der Waals surface area contributed by atoms with Crippen molar-refractivity contribution >= 4 is 39.2 Å². The topological polar surface area (TPSA) is 152 Å². The molecule has 0 unspecified atom stereocenters. The van der Waals surface area contributed by atoms with E-state index in [-0.39, 0.29) is 74.4 Å². The van der Waals surface area contributed by atoms with E-state index >= 15 is 0 Å². The van der Waals surface area contributed by atoms with Gasteiger partial charge in [-0.15, -0.1) is 0 Å². The lowest BCUT2D eigenvalue weighted by molar-refractivity contribution is -0.337. The zero-order valence-corrected chi connectivity index (χ0v) is 29.2. The molecule has 2 N–H and O–H groups in total. The SMILES string of the molecule is CCc1c(N2CCN(C(=O)c3c(OC)[nH]cc(C)c3=O)CC2)c(=O)c2nc(-c3ccnc(OC)c3)sc2n1CC(=O)NC12CC(C(F)(F)F)(C1)C2. The van der Waals surface area contributed by atoms with Crippen molar-refractivity contribution in [2.24, 2.45) is 5.41 Å². The zero-order chi connectivity index (χ0) is 36.5. The highest BCUT2D eigenvalue weighted by Crippen LogP contribution is 2.73. The highest BCUT2D eigenvalue weighted by molar-refractivity contribution is 7.21. The summed E-state index contributed by atoms with van der Waals surface area (Å²) in [4.78, 5) is 69.9. The minimum Gasteiger partial charge on any atom is -0.482 e. The number of nitrogens with zero attached hydrogens (tertiary/aromatic N) is 5. The molecule has 3 saturated carbocycles. The number of carbonyl (C=O) groups is 2. The Morgan fingerprint density at radius 2 is 1.78 bits per heavy atom. The fourth-order valence-corrected chi connectivity index (χ4v) is 8.81. The summed E-state index contributed by atoms with van der Waals surface area (Å²) in [6.07, 6.45) is -1.34. The van der Waals surface area contributed by atoms with Gasteiger partial charge >= 0.3 is 6.18 Å². The van der Waals surface area contributed by atoms with Crippen LogP contribution in [-0.4, -0.2) is 88.3 Å². The van der Waals surface area contributed by atoms with Crippen LogP contribution in [0.5, 0.6) is 11.8 Å². The van der Waals surface area contributed by atoms with E-state index in [1.54, 1.807) is 29.8 Å². The fourth-order valence-electron chi connectivity index (χ4n) is 7.72. The van der Waals surface area contributed by atoms with Gasteiger partial charge in [0.15, 0.2) is 0 Å². The van der Waals surface area contributed by atoms with Crippen LogP contribution in [0.25, 0.3) is 20.9 Å². The Kier molecular flexibility index (Phi) is 8.38. The number of H-pyrrole nitrogens is 1. The molecule has 0 aromatic carbocycles. The number of hydrogen-bond acceptors (Lipinski definition) is 10. The van der Waals surface area contributed by atoms with E-state index in [1.807, 2.05) is 11.8 Å². The van der Waals surface area contributed by atoms with Gasteiger partial charge in [0.1, 0.15) is 33.2 Å². The molecule has 4 aliphatic rings. The number of methoxy groups -OCH3 is 2. The third kappa shape index (κ3) is 5.61. The first-order chi connectivity index (χ1) is 24.2. The number of carbonyl (C=O) groups excluding carboxylic acids is 2. The molecule has 2 amide bonds. The maximum atomic E-state index is 14.3. The molecule has 17 heteroatoms. The maximum absolute atomic E-state index is 14.3. The van der Waals surface area contributed by atoms with Crippen molar-refractivity contribution in [3.8, 4) is 22.3 Å². The standard InChI is InChI=1S/C34H36F3N7O6S/c1-5-20-25(42-8-10-43(11-9-42)30(48)23-26(46)18(2)13-39-28(23)50-4)27(47)24-31(51-29(40-24)19-6-7-38-22(12-19)49-3)44(20)14-21(45)41-33-15-32(16-33,17-33)34(35,36)37/h6-7,12-13H,5,8-11,14-17H2,1-4H3,(H,39,46)(H,41,45). The number of thiazole rings is 1. The number of aromatic nitrogens is 4. The molecular formula is C34H36F3N7O6S. The second-order valence-corrected chi connectivity index (χ2v) is 14.4. The Hall–Kier alpha value is -4.93. The molecule has 270 valence electrons. The molecule has 4 fully saturated rings. The Labute approximate surface area is 293 Å². The van der Waals surface area contributed by atoms with E-state index in [4.69, 9.17) is 14.5 Å². The first-order valence-electron chi connectivity index (χ1n) is 16.5. The molecule has 1 aliphatic heterocycles. The van der Waals surface area contributed by atoms with Crippen LogP contribution in [-0.2, 0) is 17.8 Å². The molecular weight excluding hydrogens is 691 g/mol. The smallest absolute Gasteiger partial charge is 0.394 e. The maximum Gasteiger partial charge on any atom is 0.394 e. The van der Waals surface area contributed by atoms with E-state index in [9.17, 15) is 32.3 Å². The molecule has 0 atom stereocenters. The summed E-state index contributed by atoms with van der Waals surface area (Å²) in [7, 11) is 2.85. The summed E-state index contributed by atoms with van der Waals surface area (Å²) < 4.78 is 52.8.